The van der Waals surface area contributed by atoms with E-state index in [1.807, 2.05) is 18.2 Å². The van der Waals surface area contributed by atoms with E-state index in [0.717, 1.165) is 27.0 Å². The maximum Gasteiger partial charge on any atom is 0.336 e. The first-order chi connectivity index (χ1) is 11.9. The van der Waals surface area contributed by atoms with Crippen LogP contribution < -0.4 is 0 Å². The predicted molar refractivity (Wildman–Crippen MR) is 98.7 cm³/mol. The summed E-state index contributed by atoms with van der Waals surface area (Å²) >= 11 is 9.47. The lowest BCUT2D eigenvalue weighted by atomic mass is 10.0. The number of aromatic carboxylic acids is 1. The van der Waals surface area contributed by atoms with E-state index in [2.05, 4.69) is 25.9 Å². The van der Waals surface area contributed by atoms with Gasteiger partial charge in [-0.05, 0) is 30.3 Å². The molecule has 2 aromatic carbocycles. The van der Waals surface area contributed by atoms with Crippen molar-refractivity contribution in [1.29, 1.82) is 0 Å². The maximum atomic E-state index is 13.7. The lowest BCUT2D eigenvalue weighted by molar-refractivity contribution is 0.0699. The van der Waals surface area contributed by atoms with Crippen molar-refractivity contribution in [3.8, 4) is 11.3 Å². The van der Waals surface area contributed by atoms with Crippen LogP contribution in [0.2, 0.25) is 5.02 Å². The highest BCUT2D eigenvalue weighted by Crippen LogP contribution is 2.34. The van der Waals surface area contributed by atoms with Gasteiger partial charge in [-0.15, -0.1) is 0 Å². The minimum Gasteiger partial charge on any atom is -0.478 e. The Kier molecular flexibility index (Phi) is 3.74. The van der Waals surface area contributed by atoms with Crippen molar-refractivity contribution in [1.82, 2.24) is 9.97 Å². The fraction of sp³-hybridized carbons (Fsp3) is 0. The van der Waals surface area contributed by atoms with Gasteiger partial charge in [0.1, 0.15) is 5.82 Å². The molecule has 2 aromatic heterocycles. The Labute approximate surface area is 154 Å². The molecule has 4 aromatic rings. The van der Waals surface area contributed by atoms with Crippen molar-refractivity contribution < 1.29 is 14.3 Å². The summed E-state index contributed by atoms with van der Waals surface area (Å²) in [6, 6.07) is 9.43. The van der Waals surface area contributed by atoms with Gasteiger partial charge in [0.05, 0.1) is 21.8 Å². The molecule has 7 heteroatoms. The number of nitrogens with one attached hydrogen (secondary N) is 1. The summed E-state index contributed by atoms with van der Waals surface area (Å²) in [5.74, 6) is -1.72. The van der Waals surface area contributed by atoms with Crippen LogP contribution in [0.4, 0.5) is 4.39 Å². The first-order valence-electron chi connectivity index (χ1n) is 7.24. The second-order valence-electron chi connectivity index (χ2n) is 5.53. The first kappa shape index (κ1) is 16.1. The first-order valence-corrected chi connectivity index (χ1v) is 8.41. The second-order valence-corrected chi connectivity index (χ2v) is 6.86. The molecule has 2 heterocycles. The fourth-order valence-corrected chi connectivity index (χ4v) is 3.56. The van der Waals surface area contributed by atoms with Gasteiger partial charge in [-0.25, -0.2) is 14.2 Å². The average Bonchev–Trinajstić information content (AvgIpc) is 2.96. The van der Waals surface area contributed by atoms with E-state index in [0.29, 0.717) is 5.69 Å². The third-order valence-electron chi connectivity index (χ3n) is 3.98. The molecule has 4 rings (SSSR count). The molecule has 0 aliphatic heterocycles. The molecular weight excluding hydrogens is 411 g/mol. The molecular formula is C18H9BrClFN2O2. The summed E-state index contributed by atoms with van der Waals surface area (Å²) in [5, 5.41) is 10.7. The zero-order valence-corrected chi connectivity index (χ0v) is 14.8. The molecule has 124 valence electrons. The molecule has 0 amide bonds. The molecule has 0 atom stereocenters. The standard InChI is InChI=1S/C18H9BrClFN2O2/c19-8-1-2-14-10(3-8)12(7-22-14)15-6-11(18(24)25)17-13(20)4-9(21)5-16(17)23-15/h1-7,22H,(H,24,25). The summed E-state index contributed by atoms with van der Waals surface area (Å²) < 4.78 is 14.6. The zero-order valence-electron chi connectivity index (χ0n) is 12.5. The summed E-state index contributed by atoms with van der Waals surface area (Å²) in [6.07, 6.45) is 1.75. The van der Waals surface area contributed by atoms with Crippen molar-refractivity contribution in [3.63, 3.8) is 0 Å². The largest absolute Gasteiger partial charge is 0.478 e. The Morgan fingerprint density at radius 3 is 2.80 bits per heavy atom. The molecule has 25 heavy (non-hydrogen) atoms. The number of rotatable bonds is 2. The number of nitrogens with zero attached hydrogens (tertiary/aromatic N) is 1. The smallest absolute Gasteiger partial charge is 0.336 e. The Morgan fingerprint density at radius 1 is 1.24 bits per heavy atom. The molecule has 0 radical (unpaired) electrons. The zero-order chi connectivity index (χ0) is 17.7. The summed E-state index contributed by atoms with van der Waals surface area (Å²) in [7, 11) is 0. The molecule has 0 spiro atoms. The van der Waals surface area contributed by atoms with Gasteiger partial charge in [-0.1, -0.05) is 27.5 Å². The van der Waals surface area contributed by atoms with Crippen LogP contribution in [0.25, 0.3) is 33.1 Å². The Hall–Kier alpha value is -2.44. The SMILES string of the molecule is O=C(O)c1cc(-c2c[nH]c3ccc(Br)cc23)nc2cc(F)cc(Cl)c12. The highest BCUT2D eigenvalue weighted by atomic mass is 79.9. The van der Waals surface area contributed by atoms with Crippen LogP contribution in [0, 0.1) is 5.82 Å². The average molecular weight is 420 g/mol. The van der Waals surface area contributed by atoms with Gasteiger partial charge in [0.25, 0.3) is 0 Å². The van der Waals surface area contributed by atoms with Crippen molar-refractivity contribution >= 4 is 55.3 Å². The van der Waals surface area contributed by atoms with Gasteiger partial charge in [0.15, 0.2) is 0 Å². The van der Waals surface area contributed by atoms with Crippen LogP contribution in [-0.2, 0) is 0 Å². The molecule has 0 saturated heterocycles. The molecule has 0 fully saturated rings. The van der Waals surface area contributed by atoms with E-state index in [4.69, 9.17) is 11.6 Å². The third-order valence-corrected chi connectivity index (χ3v) is 4.77. The number of aromatic nitrogens is 2. The molecule has 0 aliphatic rings. The number of hydrogen-bond acceptors (Lipinski definition) is 2. The van der Waals surface area contributed by atoms with Gasteiger partial charge >= 0.3 is 5.97 Å². The number of carboxylic acids is 1. The van der Waals surface area contributed by atoms with Gasteiger partial charge in [0, 0.05) is 38.6 Å². The third kappa shape index (κ3) is 2.67. The van der Waals surface area contributed by atoms with Crippen molar-refractivity contribution in [2.75, 3.05) is 0 Å². The molecule has 4 nitrogen and oxygen atoms in total. The number of H-pyrrole nitrogens is 1. The van der Waals surface area contributed by atoms with Crippen molar-refractivity contribution in [2.24, 2.45) is 0 Å². The monoisotopic (exact) mass is 418 g/mol. The summed E-state index contributed by atoms with van der Waals surface area (Å²) in [5.41, 5.74) is 2.21. The molecule has 0 saturated carbocycles. The Balaban J connectivity index is 2.08. The number of carbonyl (C=O) groups is 1. The van der Waals surface area contributed by atoms with Crippen LogP contribution in [0.1, 0.15) is 10.4 Å². The minimum absolute atomic E-state index is 0.0191. The van der Waals surface area contributed by atoms with Gasteiger partial charge in [0.2, 0.25) is 0 Å². The van der Waals surface area contributed by atoms with E-state index in [1.54, 1.807) is 6.20 Å². The molecule has 0 bridgehead atoms. The van der Waals surface area contributed by atoms with Crippen LogP contribution in [0.3, 0.4) is 0 Å². The number of carboxylic acid groups (broad SMARTS) is 1. The lowest BCUT2D eigenvalue weighted by Gasteiger charge is -2.08. The quantitative estimate of drug-likeness (QED) is 0.442. The highest BCUT2D eigenvalue weighted by Gasteiger charge is 2.18. The predicted octanol–water partition coefficient (Wildman–Crippen LogP) is 5.64. The van der Waals surface area contributed by atoms with Crippen molar-refractivity contribution in [3.05, 3.63) is 63.5 Å². The number of halogens is 3. The number of pyridine rings is 1. The maximum absolute atomic E-state index is 13.7. The Bertz CT molecular complexity index is 1170. The lowest BCUT2D eigenvalue weighted by Crippen LogP contribution is -2.01. The summed E-state index contributed by atoms with van der Waals surface area (Å²) in [6.45, 7) is 0. The van der Waals surface area contributed by atoms with E-state index in [9.17, 15) is 14.3 Å². The van der Waals surface area contributed by atoms with E-state index < -0.39 is 11.8 Å². The van der Waals surface area contributed by atoms with Crippen LogP contribution in [0.5, 0.6) is 0 Å². The van der Waals surface area contributed by atoms with E-state index in [-0.39, 0.29) is 21.5 Å². The topological polar surface area (TPSA) is 66.0 Å². The van der Waals surface area contributed by atoms with Gasteiger partial charge in [-0.2, -0.15) is 0 Å². The molecule has 0 unspecified atom stereocenters. The number of hydrogen-bond donors (Lipinski definition) is 2. The van der Waals surface area contributed by atoms with Crippen LogP contribution >= 0.6 is 27.5 Å². The second kappa shape index (κ2) is 5.82. The molecule has 2 N–H and O–H groups in total. The van der Waals surface area contributed by atoms with Crippen LogP contribution in [0.15, 0.2) is 47.1 Å². The van der Waals surface area contributed by atoms with E-state index >= 15 is 0 Å². The van der Waals surface area contributed by atoms with Gasteiger partial charge < -0.3 is 10.1 Å². The number of aromatic amines is 1. The molecule has 0 aliphatic carbocycles. The summed E-state index contributed by atoms with van der Waals surface area (Å²) in [4.78, 5) is 19.3. The number of benzene rings is 2. The normalized spacial score (nSPS) is 11.3. The highest BCUT2D eigenvalue weighted by molar-refractivity contribution is 9.10. The minimum atomic E-state index is -1.15. The fourth-order valence-electron chi connectivity index (χ4n) is 2.90. The van der Waals surface area contributed by atoms with E-state index in [1.165, 1.54) is 12.1 Å². The number of fused-ring (bicyclic) bond motifs is 2. The van der Waals surface area contributed by atoms with Crippen molar-refractivity contribution in [2.45, 2.75) is 0 Å². The van der Waals surface area contributed by atoms with Gasteiger partial charge in [-0.3, -0.25) is 0 Å². The van der Waals surface area contributed by atoms with Crippen LogP contribution in [-0.4, -0.2) is 21.0 Å². The Morgan fingerprint density at radius 2 is 2.04 bits per heavy atom.